The van der Waals surface area contributed by atoms with Crippen LogP contribution in [0.5, 0.6) is 5.75 Å². The van der Waals surface area contributed by atoms with E-state index in [2.05, 4.69) is 0 Å². The van der Waals surface area contributed by atoms with Crippen molar-refractivity contribution in [3.8, 4) is 5.75 Å². The number of nitrogens with zero attached hydrogens (tertiary/aromatic N) is 2. The van der Waals surface area contributed by atoms with E-state index in [1.807, 2.05) is 18.7 Å². The van der Waals surface area contributed by atoms with E-state index in [4.69, 9.17) is 10.5 Å². The van der Waals surface area contributed by atoms with Crippen LogP contribution in [0.25, 0.3) is 0 Å². The third-order valence-electron chi connectivity index (χ3n) is 3.80. The van der Waals surface area contributed by atoms with Gasteiger partial charge >= 0.3 is 0 Å². The summed E-state index contributed by atoms with van der Waals surface area (Å²) >= 11 is 0. The zero-order chi connectivity index (χ0) is 15.1. The zero-order valence-corrected chi connectivity index (χ0v) is 12.2. The van der Waals surface area contributed by atoms with Crippen LogP contribution in [0, 0.1) is 5.82 Å². The van der Waals surface area contributed by atoms with Gasteiger partial charge in [0.1, 0.15) is 5.54 Å². The van der Waals surface area contributed by atoms with Gasteiger partial charge in [-0.05, 0) is 13.8 Å². The maximum absolute atomic E-state index is 13.6. The first-order valence-corrected chi connectivity index (χ1v) is 6.45. The molecule has 2 N–H and O–H groups in total. The predicted molar refractivity (Wildman–Crippen MR) is 76.4 cm³/mol. The van der Waals surface area contributed by atoms with Gasteiger partial charge in [-0.3, -0.25) is 4.79 Å². The largest absolute Gasteiger partial charge is 0.494 e. The molecule has 0 radical (unpaired) electrons. The van der Waals surface area contributed by atoms with Crippen LogP contribution in [0.3, 0.4) is 0 Å². The Balaban J connectivity index is 2.48. The van der Waals surface area contributed by atoms with Crippen molar-refractivity contribution in [3.63, 3.8) is 0 Å². The van der Waals surface area contributed by atoms with Crippen LogP contribution in [-0.4, -0.2) is 43.6 Å². The van der Waals surface area contributed by atoms with Gasteiger partial charge in [0, 0.05) is 32.3 Å². The summed E-state index contributed by atoms with van der Waals surface area (Å²) < 4.78 is 18.6. The molecule has 2 rings (SSSR count). The molecule has 1 saturated heterocycles. The maximum atomic E-state index is 13.6. The predicted octanol–water partition coefficient (Wildman–Crippen LogP) is 1.47. The lowest BCUT2D eigenvalue weighted by Crippen LogP contribution is -2.62. The number of nitrogen functional groups attached to an aromatic ring is 1. The molecule has 1 fully saturated rings. The lowest BCUT2D eigenvalue weighted by atomic mass is 9.96. The van der Waals surface area contributed by atoms with E-state index in [1.54, 1.807) is 18.0 Å². The molecule has 1 aliphatic heterocycles. The number of nitrogens with two attached hydrogens (primary N) is 1. The topological polar surface area (TPSA) is 58.8 Å². The summed E-state index contributed by atoms with van der Waals surface area (Å²) in [5.74, 6) is -0.380. The molecule has 0 unspecified atom stereocenters. The number of hydrogen-bond acceptors (Lipinski definition) is 4. The van der Waals surface area contributed by atoms with Crippen molar-refractivity contribution in [2.24, 2.45) is 0 Å². The Hall–Kier alpha value is -1.98. The Labute approximate surface area is 118 Å². The molecule has 0 spiro atoms. The first-order chi connectivity index (χ1) is 9.28. The second-order valence-electron chi connectivity index (χ2n) is 5.48. The number of amides is 1. The van der Waals surface area contributed by atoms with Crippen LogP contribution in [-0.2, 0) is 4.79 Å². The first-order valence-electron chi connectivity index (χ1n) is 6.45. The van der Waals surface area contributed by atoms with Crippen molar-refractivity contribution in [3.05, 3.63) is 17.9 Å². The van der Waals surface area contributed by atoms with Gasteiger partial charge in [-0.25, -0.2) is 4.39 Å². The molecule has 0 atom stereocenters. The van der Waals surface area contributed by atoms with Crippen molar-refractivity contribution in [2.45, 2.75) is 19.4 Å². The van der Waals surface area contributed by atoms with Crippen LogP contribution < -0.4 is 15.4 Å². The number of likely N-dealkylation sites (N-methyl/N-ethyl adjacent to an activating group) is 1. The summed E-state index contributed by atoms with van der Waals surface area (Å²) in [5, 5.41) is 0. The Bertz CT molecular complexity index is 545. The SMILES string of the molecule is COc1cc(N2CCN(C)C(=O)C2(C)C)c(N)cc1F. The van der Waals surface area contributed by atoms with Crippen LogP contribution in [0.15, 0.2) is 12.1 Å². The molecule has 1 heterocycles. The molecule has 20 heavy (non-hydrogen) atoms. The van der Waals surface area contributed by atoms with Gasteiger partial charge in [-0.2, -0.15) is 0 Å². The minimum Gasteiger partial charge on any atom is -0.494 e. The number of methoxy groups -OCH3 is 1. The normalized spacial score (nSPS) is 18.4. The van der Waals surface area contributed by atoms with E-state index in [9.17, 15) is 9.18 Å². The molecule has 5 nitrogen and oxygen atoms in total. The second-order valence-corrected chi connectivity index (χ2v) is 5.48. The minimum absolute atomic E-state index is 0.00596. The van der Waals surface area contributed by atoms with Crippen molar-refractivity contribution < 1.29 is 13.9 Å². The lowest BCUT2D eigenvalue weighted by Gasteiger charge is -2.46. The summed E-state index contributed by atoms with van der Waals surface area (Å²) in [7, 11) is 3.18. The van der Waals surface area contributed by atoms with Gasteiger partial charge < -0.3 is 20.3 Å². The monoisotopic (exact) mass is 281 g/mol. The van der Waals surface area contributed by atoms with Crippen LogP contribution in [0.2, 0.25) is 0 Å². The molecule has 0 aromatic heterocycles. The minimum atomic E-state index is -0.732. The summed E-state index contributed by atoms with van der Waals surface area (Å²) in [4.78, 5) is 15.9. The molecule has 0 aliphatic carbocycles. The van der Waals surface area contributed by atoms with E-state index in [-0.39, 0.29) is 11.7 Å². The Morgan fingerprint density at radius 3 is 2.60 bits per heavy atom. The Morgan fingerprint density at radius 1 is 1.35 bits per heavy atom. The van der Waals surface area contributed by atoms with E-state index in [0.29, 0.717) is 24.5 Å². The highest BCUT2D eigenvalue weighted by Gasteiger charge is 2.41. The number of carbonyl (C=O) groups excluding carboxylic acids is 1. The third-order valence-corrected chi connectivity index (χ3v) is 3.80. The zero-order valence-electron chi connectivity index (χ0n) is 12.2. The number of carbonyl (C=O) groups is 1. The first kappa shape index (κ1) is 14.4. The van der Waals surface area contributed by atoms with Crippen LogP contribution >= 0.6 is 0 Å². The van der Waals surface area contributed by atoms with E-state index in [1.165, 1.54) is 13.2 Å². The molecule has 0 saturated carbocycles. The summed E-state index contributed by atoms with van der Waals surface area (Å²) in [6.07, 6.45) is 0. The summed E-state index contributed by atoms with van der Waals surface area (Å²) in [5.41, 5.74) is 6.10. The molecule has 0 bridgehead atoms. The molecular weight excluding hydrogens is 261 g/mol. The number of benzene rings is 1. The van der Waals surface area contributed by atoms with Crippen LogP contribution in [0.4, 0.5) is 15.8 Å². The fraction of sp³-hybridized carbons (Fsp3) is 0.500. The smallest absolute Gasteiger partial charge is 0.247 e. The van der Waals surface area contributed by atoms with Gasteiger partial charge in [0.05, 0.1) is 18.5 Å². The Morgan fingerprint density at radius 2 is 2.00 bits per heavy atom. The lowest BCUT2D eigenvalue weighted by molar-refractivity contribution is -0.136. The number of halogens is 1. The second kappa shape index (κ2) is 4.85. The number of ether oxygens (including phenoxy) is 1. The quantitative estimate of drug-likeness (QED) is 0.834. The van der Waals surface area contributed by atoms with Gasteiger partial charge in [0.2, 0.25) is 5.91 Å². The number of hydrogen-bond donors (Lipinski definition) is 1. The highest BCUT2D eigenvalue weighted by Crippen LogP contribution is 2.36. The average molecular weight is 281 g/mol. The number of anilines is 2. The molecule has 110 valence electrons. The fourth-order valence-corrected chi connectivity index (χ4v) is 2.58. The molecular formula is C14H20FN3O2. The molecule has 1 amide bonds. The van der Waals surface area contributed by atoms with E-state index in [0.717, 1.165) is 0 Å². The highest BCUT2D eigenvalue weighted by molar-refractivity contribution is 5.91. The molecule has 1 aromatic carbocycles. The molecule has 1 aromatic rings. The number of rotatable bonds is 2. The fourth-order valence-electron chi connectivity index (χ4n) is 2.58. The van der Waals surface area contributed by atoms with E-state index < -0.39 is 11.4 Å². The van der Waals surface area contributed by atoms with Gasteiger partial charge in [0.25, 0.3) is 0 Å². The standard InChI is InChI=1S/C14H20FN3O2/c1-14(2)13(19)17(3)5-6-18(14)11-8-12(20-4)9(15)7-10(11)16/h7-8H,5-6,16H2,1-4H3. The molecule has 6 heteroatoms. The van der Waals surface area contributed by atoms with Gasteiger partial charge in [-0.15, -0.1) is 0 Å². The number of piperazine rings is 1. The summed E-state index contributed by atoms with van der Waals surface area (Å²) in [6, 6.07) is 2.78. The van der Waals surface area contributed by atoms with Crippen molar-refractivity contribution >= 4 is 17.3 Å². The van der Waals surface area contributed by atoms with Gasteiger partial charge in [0.15, 0.2) is 11.6 Å². The van der Waals surface area contributed by atoms with Gasteiger partial charge in [-0.1, -0.05) is 0 Å². The average Bonchev–Trinajstić information content (AvgIpc) is 2.38. The van der Waals surface area contributed by atoms with Crippen molar-refractivity contribution in [1.82, 2.24) is 4.90 Å². The Kier molecular flexibility index (Phi) is 3.50. The van der Waals surface area contributed by atoms with Crippen molar-refractivity contribution in [1.29, 1.82) is 0 Å². The van der Waals surface area contributed by atoms with Crippen molar-refractivity contribution in [2.75, 3.05) is 37.9 Å². The summed E-state index contributed by atoms with van der Waals surface area (Å²) in [6.45, 7) is 4.90. The molecule has 1 aliphatic rings. The van der Waals surface area contributed by atoms with Crippen LogP contribution in [0.1, 0.15) is 13.8 Å². The third kappa shape index (κ3) is 2.15. The maximum Gasteiger partial charge on any atom is 0.247 e. The van der Waals surface area contributed by atoms with E-state index >= 15 is 0 Å². The highest BCUT2D eigenvalue weighted by atomic mass is 19.1.